The van der Waals surface area contributed by atoms with Crippen molar-refractivity contribution in [2.45, 2.75) is 19.3 Å². The van der Waals surface area contributed by atoms with Gasteiger partial charge in [0.05, 0.1) is 5.56 Å². The molecule has 1 amide bonds. The molecule has 2 aromatic carbocycles. The molecule has 0 aliphatic carbocycles. The van der Waals surface area contributed by atoms with Crippen molar-refractivity contribution in [1.29, 1.82) is 0 Å². The lowest BCUT2D eigenvalue weighted by Gasteiger charge is -2.28. The van der Waals surface area contributed by atoms with Gasteiger partial charge in [0.2, 0.25) is 0 Å². The molecule has 3 aromatic rings. The second-order valence-electron chi connectivity index (χ2n) is 6.97. The molecule has 0 spiro atoms. The normalized spacial score (nSPS) is 13.8. The molecule has 4 rings (SSSR count). The Balaban J connectivity index is 1.36. The first-order valence-electron chi connectivity index (χ1n) is 9.72. The van der Waals surface area contributed by atoms with Gasteiger partial charge in [-0.15, -0.1) is 0 Å². The summed E-state index contributed by atoms with van der Waals surface area (Å²) in [4.78, 5) is 19.2. The van der Waals surface area contributed by atoms with Gasteiger partial charge in [0.25, 0.3) is 5.91 Å². The van der Waals surface area contributed by atoms with E-state index in [1.54, 1.807) is 18.3 Å². The number of benzene rings is 2. The maximum Gasteiger partial charge on any atom is 0.257 e. The van der Waals surface area contributed by atoms with Crippen LogP contribution in [0.25, 0.3) is 0 Å². The van der Waals surface area contributed by atoms with Gasteiger partial charge in [0, 0.05) is 36.3 Å². The summed E-state index contributed by atoms with van der Waals surface area (Å²) < 4.78 is 0. The number of hydrogen-bond acceptors (Lipinski definition) is 4. The van der Waals surface area contributed by atoms with Crippen LogP contribution in [-0.2, 0) is 0 Å². The lowest BCUT2D eigenvalue weighted by molar-refractivity contribution is 0.102. The highest BCUT2D eigenvalue weighted by molar-refractivity contribution is 6.04. The van der Waals surface area contributed by atoms with Crippen molar-refractivity contribution in [2.75, 3.05) is 28.6 Å². The molecule has 5 nitrogen and oxygen atoms in total. The fourth-order valence-electron chi connectivity index (χ4n) is 3.38. The number of anilines is 4. The van der Waals surface area contributed by atoms with E-state index in [-0.39, 0.29) is 5.91 Å². The summed E-state index contributed by atoms with van der Waals surface area (Å²) in [5, 5.41) is 6.15. The van der Waals surface area contributed by atoms with Gasteiger partial charge in [0.1, 0.15) is 5.82 Å². The van der Waals surface area contributed by atoms with E-state index in [9.17, 15) is 4.79 Å². The first-order chi connectivity index (χ1) is 13.8. The Morgan fingerprint density at radius 1 is 0.821 bits per heavy atom. The second kappa shape index (κ2) is 8.57. The minimum Gasteiger partial charge on any atom is -0.372 e. The lowest BCUT2D eigenvalue weighted by Crippen LogP contribution is -2.29. The zero-order chi connectivity index (χ0) is 19.2. The van der Waals surface area contributed by atoms with E-state index in [2.05, 4.69) is 32.7 Å². The zero-order valence-corrected chi connectivity index (χ0v) is 15.8. The van der Waals surface area contributed by atoms with Crippen LogP contribution in [0.3, 0.4) is 0 Å². The topological polar surface area (TPSA) is 57.3 Å². The van der Waals surface area contributed by atoms with Gasteiger partial charge >= 0.3 is 0 Å². The number of carbonyl (C=O) groups excluding carboxylic acids is 1. The first-order valence-corrected chi connectivity index (χ1v) is 9.72. The third-order valence-corrected chi connectivity index (χ3v) is 4.92. The minimum absolute atomic E-state index is 0.163. The summed E-state index contributed by atoms with van der Waals surface area (Å²) in [7, 11) is 0. The Morgan fingerprint density at radius 2 is 1.57 bits per heavy atom. The van der Waals surface area contributed by atoms with Gasteiger partial charge in [0.15, 0.2) is 0 Å². The van der Waals surface area contributed by atoms with Crippen molar-refractivity contribution in [2.24, 2.45) is 0 Å². The van der Waals surface area contributed by atoms with Crippen LogP contribution in [0.2, 0.25) is 0 Å². The van der Waals surface area contributed by atoms with Crippen molar-refractivity contribution < 1.29 is 4.79 Å². The Bertz CT molecular complexity index is 902. The fraction of sp³-hybridized carbons (Fsp3) is 0.217. The van der Waals surface area contributed by atoms with E-state index in [4.69, 9.17) is 0 Å². The van der Waals surface area contributed by atoms with Gasteiger partial charge in [-0.1, -0.05) is 18.2 Å². The Morgan fingerprint density at radius 3 is 2.25 bits per heavy atom. The quantitative estimate of drug-likeness (QED) is 0.657. The van der Waals surface area contributed by atoms with E-state index in [1.807, 2.05) is 42.5 Å². The Kier molecular flexibility index (Phi) is 5.52. The minimum atomic E-state index is -0.163. The molecule has 0 saturated carbocycles. The van der Waals surface area contributed by atoms with Gasteiger partial charge in [-0.05, 0) is 67.8 Å². The summed E-state index contributed by atoms with van der Waals surface area (Å²) in [6, 6.07) is 21.5. The summed E-state index contributed by atoms with van der Waals surface area (Å²) >= 11 is 0. The van der Waals surface area contributed by atoms with E-state index in [0.29, 0.717) is 11.4 Å². The van der Waals surface area contributed by atoms with Crippen molar-refractivity contribution >= 4 is 28.8 Å². The monoisotopic (exact) mass is 372 g/mol. The lowest BCUT2D eigenvalue weighted by atomic mass is 10.1. The van der Waals surface area contributed by atoms with Gasteiger partial charge in [-0.3, -0.25) is 4.79 Å². The molecule has 0 unspecified atom stereocenters. The molecule has 2 heterocycles. The zero-order valence-electron chi connectivity index (χ0n) is 15.8. The van der Waals surface area contributed by atoms with Crippen LogP contribution in [0.5, 0.6) is 0 Å². The van der Waals surface area contributed by atoms with Gasteiger partial charge < -0.3 is 15.5 Å². The predicted molar refractivity (Wildman–Crippen MR) is 114 cm³/mol. The number of para-hydroxylation sites is 1. The van der Waals surface area contributed by atoms with Crippen molar-refractivity contribution in [3.63, 3.8) is 0 Å². The average Bonchev–Trinajstić information content (AvgIpc) is 2.76. The van der Waals surface area contributed by atoms with Crippen LogP contribution < -0.4 is 15.5 Å². The molecule has 1 saturated heterocycles. The number of carbonyl (C=O) groups is 1. The molecule has 0 bridgehead atoms. The number of pyridine rings is 1. The molecule has 1 aromatic heterocycles. The molecule has 5 heteroatoms. The van der Waals surface area contributed by atoms with E-state index in [0.717, 1.165) is 24.5 Å². The van der Waals surface area contributed by atoms with Crippen LogP contribution in [0.4, 0.5) is 22.9 Å². The highest BCUT2D eigenvalue weighted by atomic mass is 16.1. The standard InChI is InChI=1S/C23H24N4O/c28-23(18-9-14-22(24-17-18)25-19-7-3-1-4-8-19)26-20-10-12-21(13-11-20)27-15-5-2-6-16-27/h1,3-4,7-14,17H,2,5-6,15-16H2,(H,24,25)(H,26,28). The molecular formula is C23H24N4O. The van der Waals surface area contributed by atoms with E-state index >= 15 is 0 Å². The molecule has 28 heavy (non-hydrogen) atoms. The van der Waals surface area contributed by atoms with Crippen molar-refractivity contribution in [3.05, 3.63) is 78.5 Å². The number of piperidine rings is 1. The predicted octanol–water partition coefficient (Wildman–Crippen LogP) is 5.07. The first kappa shape index (κ1) is 18.0. The highest BCUT2D eigenvalue weighted by Crippen LogP contribution is 2.22. The molecule has 142 valence electrons. The summed E-state index contributed by atoms with van der Waals surface area (Å²) in [5.74, 6) is 0.540. The molecule has 0 radical (unpaired) electrons. The average molecular weight is 372 g/mol. The number of nitrogens with zero attached hydrogens (tertiary/aromatic N) is 2. The van der Waals surface area contributed by atoms with E-state index < -0.39 is 0 Å². The SMILES string of the molecule is O=C(Nc1ccc(N2CCCCC2)cc1)c1ccc(Nc2ccccc2)nc1. The van der Waals surface area contributed by atoms with Gasteiger partial charge in [-0.2, -0.15) is 0 Å². The third-order valence-electron chi connectivity index (χ3n) is 4.92. The van der Waals surface area contributed by atoms with E-state index in [1.165, 1.54) is 24.9 Å². The number of hydrogen-bond donors (Lipinski definition) is 2. The molecule has 2 N–H and O–H groups in total. The Labute approximate surface area is 165 Å². The van der Waals surface area contributed by atoms with Crippen molar-refractivity contribution in [3.8, 4) is 0 Å². The fourth-order valence-corrected chi connectivity index (χ4v) is 3.38. The highest BCUT2D eigenvalue weighted by Gasteiger charge is 2.11. The summed E-state index contributed by atoms with van der Waals surface area (Å²) in [5.41, 5.74) is 3.49. The largest absolute Gasteiger partial charge is 0.372 e. The number of rotatable bonds is 5. The van der Waals surface area contributed by atoms with Crippen LogP contribution in [0, 0.1) is 0 Å². The van der Waals surface area contributed by atoms with Crippen LogP contribution in [0.1, 0.15) is 29.6 Å². The van der Waals surface area contributed by atoms with Crippen LogP contribution >= 0.6 is 0 Å². The van der Waals surface area contributed by atoms with Crippen LogP contribution in [0.15, 0.2) is 72.9 Å². The second-order valence-corrected chi connectivity index (χ2v) is 6.97. The van der Waals surface area contributed by atoms with Crippen LogP contribution in [-0.4, -0.2) is 24.0 Å². The third kappa shape index (κ3) is 4.49. The van der Waals surface area contributed by atoms with Gasteiger partial charge in [-0.25, -0.2) is 4.98 Å². The number of nitrogens with one attached hydrogen (secondary N) is 2. The molecule has 1 fully saturated rings. The molecule has 0 atom stereocenters. The van der Waals surface area contributed by atoms with Crippen molar-refractivity contribution in [1.82, 2.24) is 4.98 Å². The number of amides is 1. The number of aromatic nitrogens is 1. The summed E-state index contributed by atoms with van der Waals surface area (Å²) in [6.07, 6.45) is 5.41. The molecular weight excluding hydrogens is 348 g/mol. The maximum absolute atomic E-state index is 12.5. The smallest absolute Gasteiger partial charge is 0.257 e. The molecule has 1 aliphatic heterocycles. The summed E-state index contributed by atoms with van der Waals surface area (Å²) in [6.45, 7) is 2.22. The maximum atomic E-state index is 12.5. The molecule has 1 aliphatic rings. The Hall–Kier alpha value is -3.34.